The first-order valence-electron chi connectivity index (χ1n) is 3.38. The normalized spacial score (nSPS) is 9.54. The number of terminal acetylenes is 1. The van der Waals surface area contributed by atoms with Crippen LogP contribution in [0.3, 0.4) is 0 Å². The zero-order valence-corrected chi connectivity index (χ0v) is 6.76. The molecule has 1 aromatic carbocycles. The predicted octanol–water partition coefficient (Wildman–Crippen LogP) is -3.02. The maximum Gasteiger partial charge on any atom is 0.117 e. The molecule has 5 heteroatoms. The van der Waals surface area contributed by atoms with Crippen LogP contribution < -0.4 is 21.9 Å². The van der Waals surface area contributed by atoms with Gasteiger partial charge in [0, 0.05) is 5.56 Å². The summed E-state index contributed by atoms with van der Waals surface area (Å²) in [4.78, 5) is 0. The van der Waals surface area contributed by atoms with E-state index < -0.39 is 5.82 Å². The second-order valence-corrected chi connectivity index (χ2v) is 2.49. The first kappa shape index (κ1) is 10.1. The lowest BCUT2D eigenvalue weighted by atomic mass is 9.67. The predicted molar refractivity (Wildman–Crippen MR) is 55.9 cm³/mol. The van der Waals surface area contributed by atoms with Crippen molar-refractivity contribution in [2.45, 2.75) is 0 Å². The summed E-state index contributed by atoms with van der Waals surface area (Å²) in [6.07, 6.45) is 5.10. The van der Waals surface area contributed by atoms with Crippen molar-refractivity contribution in [3.63, 3.8) is 0 Å². The van der Waals surface area contributed by atoms with E-state index in [2.05, 4.69) is 5.92 Å². The Balaban J connectivity index is 3.69. The average Bonchev–Trinajstić information content (AvgIpc) is 2.13. The molecule has 0 saturated heterocycles. The molecule has 0 spiro atoms. The SMILES string of the molecule is [B]c1c([B])c(C#C)c([B])c([B])c1F. The smallest absolute Gasteiger partial charge is 0.117 e. The van der Waals surface area contributed by atoms with Gasteiger partial charge in [0.25, 0.3) is 0 Å². The highest BCUT2D eigenvalue weighted by atomic mass is 19.1. The van der Waals surface area contributed by atoms with E-state index in [9.17, 15) is 4.39 Å². The molecular formula is C8HB4F. The molecule has 0 saturated carbocycles. The Kier molecular flexibility index (Phi) is 2.61. The lowest BCUT2D eigenvalue weighted by Gasteiger charge is -2.13. The fourth-order valence-electron chi connectivity index (χ4n) is 0.951. The maximum absolute atomic E-state index is 13.1. The maximum atomic E-state index is 13.1. The molecule has 1 aromatic rings. The van der Waals surface area contributed by atoms with Crippen LogP contribution in [0, 0.1) is 18.2 Å². The zero-order valence-electron chi connectivity index (χ0n) is 6.76. The molecule has 0 N–H and O–H groups in total. The Labute approximate surface area is 81.9 Å². The van der Waals surface area contributed by atoms with E-state index >= 15 is 0 Å². The number of benzene rings is 1. The van der Waals surface area contributed by atoms with Gasteiger partial charge >= 0.3 is 0 Å². The van der Waals surface area contributed by atoms with E-state index in [4.69, 9.17) is 37.8 Å². The zero-order chi connectivity index (χ0) is 10.2. The molecule has 0 unspecified atom stereocenters. The largest absolute Gasteiger partial charge is 0.208 e. The highest BCUT2D eigenvalue weighted by molar-refractivity contribution is 6.57. The van der Waals surface area contributed by atoms with Gasteiger partial charge in [0.15, 0.2) is 0 Å². The van der Waals surface area contributed by atoms with E-state index in [0.29, 0.717) is 0 Å². The van der Waals surface area contributed by atoms with Crippen LogP contribution in [0.15, 0.2) is 0 Å². The minimum atomic E-state index is -0.825. The molecule has 0 aromatic heterocycles. The highest BCUT2D eigenvalue weighted by Gasteiger charge is 2.10. The van der Waals surface area contributed by atoms with Crippen molar-refractivity contribution < 1.29 is 4.39 Å². The molecule has 0 aliphatic rings. The van der Waals surface area contributed by atoms with Gasteiger partial charge < -0.3 is 0 Å². The van der Waals surface area contributed by atoms with Crippen LogP contribution in [-0.4, -0.2) is 31.4 Å². The van der Waals surface area contributed by atoms with Crippen molar-refractivity contribution in [1.82, 2.24) is 0 Å². The topological polar surface area (TPSA) is 0 Å². The molecule has 13 heavy (non-hydrogen) atoms. The van der Waals surface area contributed by atoms with Crippen molar-refractivity contribution in [3.05, 3.63) is 11.4 Å². The summed E-state index contributed by atoms with van der Waals surface area (Å²) < 4.78 is 13.1. The summed E-state index contributed by atoms with van der Waals surface area (Å²) in [5.41, 5.74) is -0.492. The van der Waals surface area contributed by atoms with Crippen LogP contribution in [0.4, 0.5) is 4.39 Å². The summed E-state index contributed by atoms with van der Waals surface area (Å²) in [7, 11) is 21.4. The number of hydrogen-bond donors (Lipinski definition) is 0. The summed E-state index contributed by atoms with van der Waals surface area (Å²) in [6, 6.07) is 0. The lowest BCUT2D eigenvalue weighted by molar-refractivity contribution is 0.645. The Hall–Kier alpha value is -1.03. The van der Waals surface area contributed by atoms with Crippen LogP contribution in [0.1, 0.15) is 5.56 Å². The molecule has 0 nitrogen and oxygen atoms in total. The molecule has 0 aliphatic carbocycles. The van der Waals surface area contributed by atoms with Crippen LogP contribution >= 0.6 is 0 Å². The summed E-state index contributed by atoms with van der Waals surface area (Å²) >= 11 is 0. The van der Waals surface area contributed by atoms with Gasteiger partial charge in [0.2, 0.25) is 0 Å². The molecule has 0 aliphatic heterocycles. The molecule has 52 valence electrons. The Bertz CT molecular complexity index is 377. The summed E-state index contributed by atoms with van der Waals surface area (Å²) in [5.74, 6) is 1.37. The van der Waals surface area contributed by atoms with Crippen molar-refractivity contribution >= 4 is 53.2 Å². The van der Waals surface area contributed by atoms with Crippen LogP contribution in [0.25, 0.3) is 0 Å². The fourth-order valence-corrected chi connectivity index (χ4v) is 0.951. The Morgan fingerprint density at radius 3 is 1.62 bits per heavy atom. The summed E-state index contributed by atoms with van der Waals surface area (Å²) in [6.45, 7) is 0. The van der Waals surface area contributed by atoms with E-state index in [0.717, 1.165) is 0 Å². The molecule has 8 radical (unpaired) electrons. The average molecular weight is 159 g/mol. The van der Waals surface area contributed by atoms with Crippen LogP contribution in [-0.2, 0) is 0 Å². The Morgan fingerprint density at radius 2 is 1.31 bits per heavy atom. The second kappa shape index (κ2) is 3.38. The van der Waals surface area contributed by atoms with Gasteiger partial charge in [-0.15, -0.1) is 6.42 Å². The highest BCUT2D eigenvalue weighted by Crippen LogP contribution is 1.88. The third-order valence-electron chi connectivity index (χ3n) is 1.74. The molecule has 0 fully saturated rings. The first-order valence-corrected chi connectivity index (χ1v) is 3.38. The van der Waals surface area contributed by atoms with E-state index in [1.165, 1.54) is 0 Å². The number of hydrogen-bond acceptors (Lipinski definition) is 0. The van der Waals surface area contributed by atoms with Gasteiger partial charge in [0.1, 0.15) is 37.2 Å². The standard InChI is InChI=1S/C8HB4F/c1-2-3-4(9)6(11)8(13)7(12)5(3)10/h1H. The second-order valence-electron chi connectivity index (χ2n) is 2.49. The van der Waals surface area contributed by atoms with E-state index in [1.54, 1.807) is 0 Å². The molecule has 0 bridgehead atoms. The van der Waals surface area contributed by atoms with Gasteiger partial charge in [0.05, 0.1) is 0 Å². The number of halogens is 1. The molecular weight excluding hydrogens is 158 g/mol. The minimum absolute atomic E-state index is 0.0494. The third kappa shape index (κ3) is 1.42. The van der Waals surface area contributed by atoms with Gasteiger partial charge in [-0.1, -0.05) is 27.8 Å². The van der Waals surface area contributed by atoms with Crippen molar-refractivity contribution in [3.8, 4) is 12.3 Å². The summed E-state index contributed by atoms with van der Waals surface area (Å²) in [5, 5.41) is 0. The van der Waals surface area contributed by atoms with Gasteiger partial charge in [-0.2, -0.15) is 0 Å². The lowest BCUT2D eigenvalue weighted by Crippen LogP contribution is -2.46. The van der Waals surface area contributed by atoms with Crippen molar-refractivity contribution in [2.75, 3.05) is 0 Å². The third-order valence-corrected chi connectivity index (χ3v) is 1.74. The molecule has 0 atom stereocenters. The Morgan fingerprint density at radius 1 is 0.923 bits per heavy atom. The molecule has 0 amide bonds. The fraction of sp³-hybridized carbons (Fsp3) is 0. The minimum Gasteiger partial charge on any atom is -0.208 e. The van der Waals surface area contributed by atoms with Gasteiger partial charge in [-0.05, 0) is 0 Å². The van der Waals surface area contributed by atoms with Crippen LogP contribution in [0.5, 0.6) is 0 Å². The van der Waals surface area contributed by atoms with Crippen molar-refractivity contribution in [2.24, 2.45) is 0 Å². The molecule has 1 rings (SSSR count). The first-order chi connectivity index (χ1) is 6.00. The monoisotopic (exact) mass is 160 g/mol. The van der Waals surface area contributed by atoms with Gasteiger partial charge in [-0.25, -0.2) is 4.39 Å². The van der Waals surface area contributed by atoms with Crippen LogP contribution in [0.2, 0.25) is 0 Å². The van der Waals surface area contributed by atoms with Gasteiger partial charge in [-0.3, -0.25) is 0 Å². The van der Waals surface area contributed by atoms with E-state index in [-0.39, 0.29) is 27.4 Å². The number of rotatable bonds is 0. The quantitative estimate of drug-likeness (QED) is 0.279. The molecule has 0 heterocycles. The van der Waals surface area contributed by atoms with Crippen molar-refractivity contribution in [1.29, 1.82) is 0 Å². The van der Waals surface area contributed by atoms with E-state index in [1.807, 2.05) is 0 Å².